The maximum Gasteiger partial charge on any atom is 0.253 e. The highest BCUT2D eigenvalue weighted by molar-refractivity contribution is 6.12. The van der Waals surface area contributed by atoms with Crippen LogP contribution in [0.4, 0.5) is 0 Å². The first-order chi connectivity index (χ1) is 28.2. The van der Waals surface area contributed by atoms with E-state index in [1.807, 2.05) is 0 Å². The molecule has 0 spiro atoms. The topological polar surface area (TPSA) is 309 Å². The minimum Gasteiger partial charge on any atom is -0.396 e. The van der Waals surface area contributed by atoms with Gasteiger partial charge in [0.25, 0.3) is 11.8 Å². The maximum absolute atomic E-state index is 14.7. The molecule has 5 fully saturated rings. The van der Waals surface area contributed by atoms with Gasteiger partial charge in [-0.15, -0.1) is 0 Å². The highest BCUT2D eigenvalue weighted by Gasteiger charge is 2.62. The van der Waals surface area contributed by atoms with Gasteiger partial charge < -0.3 is 67.0 Å². The normalized spacial score (nSPS) is 42.2. The number of methoxy groups -OCH3 is 1. The Hall–Kier alpha value is -2.95. The average molecular weight is 837 g/mol. The number of imide groups is 1. The van der Waals surface area contributed by atoms with Crippen molar-refractivity contribution in [1.82, 2.24) is 15.5 Å². The number of unbranched alkanes of at least 4 members (excludes halogenated alkanes) is 1. The van der Waals surface area contributed by atoms with Gasteiger partial charge in [-0.1, -0.05) is 6.42 Å². The molecule has 0 aromatic rings. The van der Waals surface area contributed by atoms with Crippen molar-refractivity contribution in [3.63, 3.8) is 0 Å². The number of carbonyl (C=O) groups excluding carboxylic acids is 4. The van der Waals surface area contributed by atoms with Crippen molar-refractivity contribution in [3.8, 4) is 0 Å². The second-order valence-corrected chi connectivity index (χ2v) is 17.5. The van der Waals surface area contributed by atoms with Crippen LogP contribution in [-0.4, -0.2) is 167 Å². The number of piperidine rings is 1. The Morgan fingerprint density at radius 2 is 1.75 bits per heavy atom. The molecule has 19 nitrogen and oxygen atoms in total. The quantitative estimate of drug-likeness (QED) is 0.0338. The Morgan fingerprint density at radius 3 is 2.39 bits per heavy atom. The number of ketones is 2. The summed E-state index contributed by atoms with van der Waals surface area (Å²) in [6, 6.07) is 0. The number of hydrogen-bond acceptors (Lipinski definition) is 16. The summed E-state index contributed by atoms with van der Waals surface area (Å²) in [6.07, 6.45) is -4.82. The number of nitrogens with zero attached hydrogens (tertiary/aromatic N) is 2. The molecule has 6 aliphatic rings. The third-order valence-corrected chi connectivity index (χ3v) is 14.2. The van der Waals surface area contributed by atoms with Gasteiger partial charge in [-0.25, -0.2) is 0 Å². The zero-order valence-corrected chi connectivity index (χ0v) is 33.9. The summed E-state index contributed by atoms with van der Waals surface area (Å²) in [7, 11) is 3.00. The molecule has 0 radical (unpaired) electrons. The highest BCUT2D eigenvalue weighted by atomic mass is 16.7. The summed E-state index contributed by atoms with van der Waals surface area (Å²) in [6.45, 7) is -0.201. The minimum atomic E-state index is -2.30. The summed E-state index contributed by atoms with van der Waals surface area (Å²) in [5, 5.41) is 73.7. The van der Waals surface area contributed by atoms with Crippen LogP contribution in [0.1, 0.15) is 57.8 Å². The van der Waals surface area contributed by atoms with Gasteiger partial charge in [0.1, 0.15) is 35.5 Å². The fourth-order valence-electron chi connectivity index (χ4n) is 11.0. The van der Waals surface area contributed by atoms with Crippen LogP contribution in [0.5, 0.6) is 0 Å². The molecule has 2 amide bonds. The van der Waals surface area contributed by atoms with E-state index >= 15 is 0 Å². The van der Waals surface area contributed by atoms with Gasteiger partial charge in [0.05, 0.1) is 42.9 Å². The second-order valence-electron chi connectivity index (χ2n) is 17.5. The summed E-state index contributed by atoms with van der Waals surface area (Å²) < 4.78 is 18.2. The number of aliphatic imine (C=N–C) groups is 1. The van der Waals surface area contributed by atoms with E-state index in [0.717, 1.165) is 17.1 Å². The summed E-state index contributed by atoms with van der Waals surface area (Å²) in [5.41, 5.74) is 9.83. The standard InChI is InChI=1S/C40H64N6O13/c1-43-39(42)45-16-25-20(5-3-4-10-47)11-23-32(34(25)52)35(53)31-24(33(23)51)13-22(57-2)14-26(31)58-38-36(54)37(55)40(56,27(18-48)59-38)15-21(19-8-9-44-28(41)12-19)17-46-29(49)6-7-30(46)50/h6-7,19-28,31-32,34,36-38,44,47-48,52,54-56H,3-5,8-18,41H2,1-2H3,(H3,42,43,45)/t19?,20?,21-,22?,23?,24?,25?,26?,27-,28?,31?,32?,34?,36-,37-,38+,40-/m1/s1. The number of amides is 2. The number of aliphatic hydroxyl groups is 6. The van der Waals surface area contributed by atoms with Crippen molar-refractivity contribution in [1.29, 1.82) is 0 Å². The minimum absolute atomic E-state index is 0.00445. The first-order valence-electron chi connectivity index (χ1n) is 21.0. The van der Waals surface area contributed by atoms with Crippen molar-refractivity contribution >= 4 is 29.3 Å². The average Bonchev–Trinajstić information content (AvgIpc) is 3.54. The molecule has 12 N–H and O–H groups in total. The zero-order chi connectivity index (χ0) is 42.8. The van der Waals surface area contributed by atoms with Crippen molar-refractivity contribution in [2.45, 2.75) is 112 Å². The molecular formula is C40H64N6O13. The summed E-state index contributed by atoms with van der Waals surface area (Å²) in [5.74, 6) is -6.65. The number of rotatable bonds is 15. The van der Waals surface area contributed by atoms with E-state index in [0.29, 0.717) is 45.1 Å². The van der Waals surface area contributed by atoms with Crippen LogP contribution in [0.2, 0.25) is 0 Å². The number of nitrogens with two attached hydrogens (primary N) is 2. The van der Waals surface area contributed by atoms with Crippen LogP contribution in [0.3, 0.4) is 0 Å². The number of hydrogen-bond donors (Lipinski definition) is 10. The molecule has 0 aromatic carbocycles. The molecule has 0 bridgehead atoms. The zero-order valence-electron chi connectivity index (χ0n) is 33.9. The Balaban J connectivity index is 1.23. The monoisotopic (exact) mass is 836 g/mol. The van der Waals surface area contributed by atoms with Crippen LogP contribution in [-0.2, 0) is 33.4 Å². The molecule has 19 heteroatoms. The summed E-state index contributed by atoms with van der Waals surface area (Å²) >= 11 is 0. The summed E-state index contributed by atoms with van der Waals surface area (Å²) in [4.78, 5) is 59.4. The molecule has 17 atom stereocenters. The van der Waals surface area contributed by atoms with Crippen molar-refractivity contribution in [3.05, 3.63) is 12.2 Å². The van der Waals surface area contributed by atoms with E-state index in [1.165, 1.54) is 14.2 Å². The maximum atomic E-state index is 14.7. The van der Waals surface area contributed by atoms with Crippen molar-refractivity contribution in [2.75, 3.05) is 47.0 Å². The van der Waals surface area contributed by atoms with Gasteiger partial charge in [-0.3, -0.25) is 29.1 Å². The predicted octanol–water partition coefficient (Wildman–Crippen LogP) is -3.12. The van der Waals surface area contributed by atoms with Crippen LogP contribution in [0.15, 0.2) is 17.1 Å². The number of ether oxygens (including phenoxy) is 3. The van der Waals surface area contributed by atoms with Crippen LogP contribution >= 0.6 is 0 Å². The Labute approximate surface area is 343 Å². The molecule has 332 valence electrons. The lowest BCUT2D eigenvalue weighted by atomic mass is 9.53. The number of nitrogens with one attached hydrogen (secondary N) is 2. The third-order valence-electron chi connectivity index (χ3n) is 14.2. The first-order valence-corrected chi connectivity index (χ1v) is 21.0. The fourth-order valence-corrected chi connectivity index (χ4v) is 11.0. The number of guanidine groups is 1. The Kier molecular flexibility index (Phi) is 15.0. The van der Waals surface area contributed by atoms with Crippen LogP contribution < -0.4 is 22.1 Å². The second kappa shape index (κ2) is 19.4. The largest absolute Gasteiger partial charge is 0.396 e. The van der Waals surface area contributed by atoms with Gasteiger partial charge >= 0.3 is 0 Å². The Bertz CT molecular complexity index is 1560. The molecular weight excluding hydrogens is 772 g/mol. The number of aliphatic hydroxyl groups excluding tert-OH is 5. The molecule has 0 aromatic heterocycles. The molecule has 3 aliphatic heterocycles. The SMILES string of the molecule is CN=C(N)NCC1C(CCCCO)CC2C(=O)C3CC(OC)CC(O[C@H]4O[C@H](CO)[C@](O)(C[C@H](CN5C(=O)C=CC5=O)C5CCNC(N)C5)[C@H](O)[C@H]4O)C3C(=O)C2C1O. The van der Waals surface area contributed by atoms with Gasteiger partial charge in [0, 0.05) is 70.2 Å². The van der Waals surface area contributed by atoms with Crippen molar-refractivity contribution in [2.24, 2.45) is 63.8 Å². The molecule has 3 saturated carbocycles. The molecule has 11 unspecified atom stereocenters. The van der Waals surface area contributed by atoms with Crippen LogP contribution in [0, 0.1) is 47.3 Å². The fraction of sp³-hybridized carbons (Fsp3) is 0.825. The van der Waals surface area contributed by atoms with Gasteiger partial charge in [-0.05, 0) is 69.2 Å². The number of Topliss-reactive ketones (excluding diaryl/α,β-unsaturated/α-hetero) is 2. The van der Waals surface area contributed by atoms with Gasteiger partial charge in [-0.2, -0.15) is 0 Å². The van der Waals surface area contributed by atoms with Crippen LogP contribution in [0.25, 0.3) is 0 Å². The van der Waals surface area contributed by atoms with E-state index in [4.69, 9.17) is 25.7 Å². The van der Waals surface area contributed by atoms with E-state index in [2.05, 4.69) is 15.6 Å². The predicted molar refractivity (Wildman–Crippen MR) is 208 cm³/mol. The first kappa shape index (κ1) is 45.6. The lowest BCUT2D eigenvalue weighted by Gasteiger charge is -2.54. The van der Waals surface area contributed by atoms with E-state index < -0.39 is 109 Å². The molecule has 3 aliphatic carbocycles. The lowest BCUT2D eigenvalue weighted by Crippen LogP contribution is -2.69. The molecule has 59 heavy (non-hydrogen) atoms. The van der Waals surface area contributed by atoms with E-state index in [-0.39, 0.29) is 68.3 Å². The molecule has 2 saturated heterocycles. The van der Waals surface area contributed by atoms with E-state index in [1.54, 1.807) is 0 Å². The van der Waals surface area contributed by atoms with Crippen molar-refractivity contribution < 1.29 is 64.0 Å². The lowest BCUT2D eigenvalue weighted by molar-refractivity contribution is -0.348. The molecule has 6 rings (SSSR count). The number of fused-ring (bicyclic) bond motifs is 2. The van der Waals surface area contributed by atoms with Gasteiger partial charge in [0.2, 0.25) is 0 Å². The smallest absolute Gasteiger partial charge is 0.253 e. The Morgan fingerprint density at radius 1 is 1.03 bits per heavy atom. The third kappa shape index (κ3) is 9.30. The van der Waals surface area contributed by atoms with Gasteiger partial charge in [0.15, 0.2) is 12.2 Å². The van der Waals surface area contributed by atoms with E-state index in [9.17, 15) is 49.8 Å². The number of carbonyl (C=O) groups is 4. The highest BCUT2D eigenvalue weighted by Crippen LogP contribution is 2.51. The molecule has 3 heterocycles.